The molecule has 1 aromatic heterocycles. The molecule has 2 nitrogen and oxygen atoms in total. The molecule has 1 aromatic carbocycles. The van der Waals surface area contributed by atoms with Gasteiger partial charge in [-0.1, -0.05) is 55.9 Å². The van der Waals surface area contributed by atoms with E-state index in [9.17, 15) is 0 Å². The highest BCUT2D eigenvalue weighted by Gasteiger charge is 2.57. The second-order valence-corrected chi connectivity index (χ2v) is 10.5. The summed E-state index contributed by atoms with van der Waals surface area (Å²) in [6.07, 6.45) is 16.1. The zero-order valence-electron chi connectivity index (χ0n) is 17.8. The summed E-state index contributed by atoms with van der Waals surface area (Å²) in [5.41, 5.74) is 7.64. The summed E-state index contributed by atoms with van der Waals surface area (Å²) >= 11 is 0. The highest BCUT2D eigenvalue weighted by atomic mass is 15.1. The van der Waals surface area contributed by atoms with Crippen LogP contribution in [-0.2, 0) is 0 Å². The number of aromatic nitrogens is 2. The Morgan fingerprint density at radius 1 is 1.03 bits per heavy atom. The lowest BCUT2D eigenvalue weighted by Crippen LogP contribution is -2.49. The molecule has 150 valence electrons. The number of rotatable bonds is 1. The molecule has 3 unspecified atom stereocenters. The Kier molecular flexibility index (Phi) is 3.65. The van der Waals surface area contributed by atoms with Crippen molar-refractivity contribution in [3.8, 4) is 0 Å². The minimum Gasteiger partial charge on any atom is -0.302 e. The van der Waals surface area contributed by atoms with Gasteiger partial charge in [-0.25, -0.2) is 4.98 Å². The summed E-state index contributed by atoms with van der Waals surface area (Å²) in [5.74, 6) is 2.48. The largest absolute Gasteiger partial charge is 0.302 e. The first kappa shape index (κ1) is 17.7. The van der Waals surface area contributed by atoms with Crippen LogP contribution >= 0.6 is 0 Å². The molecule has 4 aliphatic rings. The number of para-hydroxylation sites is 2. The number of imidazole rings is 1. The van der Waals surface area contributed by atoms with E-state index in [1.54, 1.807) is 5.57 Å². The van der Waals surface area contributed by atoms with Gasteiger partial charge in [0.2, 0.25) is 0 Å². The number of benzene rings is 1. The Morgan fingerprint density at radius 2 is 1.90 bits per heavy atom. The zero-order valence-corrected chi connectivity index (χ0v) is 17.8. The average Bonchev–Trinajstić information content (AvgIpc) is 3.29. The SMILES string of the molecule is C=C1C=C2CCC3C(CC[C@]4(C)C(n5cnc6ccccc65)=CCC34)[C@@]2(C)CC1. The second-order valence-electron chi connectivity index (χ2n) is 10.5. The van der Waals surface area contributed by atoms with Crippen molar-refractivity contribution in [3.05, 3.63) is 60.5 Å². The molecule has 0 bridgehead atoms. The van der Waals surface area contributed by atoms with Gasteiger partial charge in [-0.2, -0.15) is 0 Å². The van der Waals surface area contributed by atoms with Crippen LogP contribution < -0.4 is 0 Å². The average molecular weight is 385 g/mol. The fraction of sp³-hybridized carbons (Fsp3) is 0.519. The van der Waals surface area contributed by atoms with E-state index in [1.165, 1.54) is 61.7 Å². The molecule has 2 aromatic rings. The van der Waals surface area contributed by atoms with Gasteiger partial charge in [0.05, 0.1) is 11.0 Å². The summed E-state index contributed by atoms with van der Waals surface area (Å²) in [6.45, 7) is 9.41. The number of nitrogens with zero attached hydrogens (tertiary/aromatic N) is 2. The van der Waals surface area contributed by atoms with Crippen molar-refractivity contribution in [3.63, 3.8) is 0 Å². The Morgan fingerprint density at radius 3 is 2.79 bits per heavy atom. The van der Waals surface area contributed by atoms with E-state index in [-0.39, 0.29) is 5.41 Å². The summed E-state index contributed by atoms with van der Waals surface area (Å²) in [4.78, 5) is 4.69. The van der Waals surface area contributed by atoms with Crippen LogP contribution in [0.15, 0.2) is 60.5 Å². The van der Waals surface area contributed by atoms with E-state index in [0.717, 1.165) is 23.3 Å². The van der Waals surface area contributed by atoms with Crippen LogP contribution in [0, 0.1) is 28.6 Å². The molecule has 6 rings (SSSR count). The Balaban J connectivity index is 1.37. The van der Waals surface area contributed by atoms with E-state index >= 15 is 0 Å². The smallest absolute Gasteiger partial charge is 0.100 e. The van der Waals surface area contributed by atoms with Gasteiger partial charge >= 0.3 is 0 Å². The summed E-state index contributed by atoms with van der Waals surface area (Å²) < 4.78 is 2.40. The number of hydrogen-bond acceptors (Lipinski definition) is 1. The number of allylic oxidation sites excluding steroid dienone is 5. The third kappa shape index (κ3) is 2.32. The maximum Gasteiger partial charge on any atom is 0.100 e. The topological polar surface area (TPSA) is 17.8 Å². The van der Waals surface area contributed by atoms with E-state index < -0.39 is 0 Å². The van der Waals surface area contributed by atoms with Crippen molar-refractivity contribution < 1.29 is 0 Å². The first-order chi connectivity index (χ1) is 14.0. The van der Waals surface area contributed by atoms with Crippen molar-refractivity contribution in [2.75, 3.05) is 0 Å². The molecule has 0 N–H and O–H groups in total. The molecular weight excluding hydrogens is 352 g/mol. The van der Waals surface area contributed by atoms with Crippen LogP contribution in [-0.4, -0.2) is 9.55 Å². The molecule has 2 saturated carbocycles. The van der Waals surface area contributed by atoms with Gasteiger partial charge in [0.25, 0.3) is 0 Å². The molecule has 0 spiro atoms. The van der Waals surface area contributed by atoms with Crippen molar-refractivity contribution in [2.45, 2.75) is 58.8 Å². The number of fused-ring (bicyclic) bond motifs is 6. The molecule has 4 aliphatic carbocycles. The molecule has 0 saturated heterocycles. The third-order valence-corrected chi connectivity index (χ3v) is 9.33. The van der Waals surface area contributed by atoms with Crippen LogP contribution in [0.1, 0.15) is 58.8 Å². The lowest BCUT2D eigenvalue weighted by Gasteiger charge is -2.58. The fourth-order valence-corrected chi connectivity index (χ4v) is 7.72. The summed E-state index contributed by atoms with van der Waals surface area (Å²) in [6, 6.07) is 8.58. The molecule has 5 atom stereocenters. The molecule has 1 heterocycles. The fourth-order valence-electron chi connectivity index (χ4n) is 7.72. The summed E-state index contributed by atoms with van der Waals surface area (Å²) in [7, 11) is 0. The maximum absolute atomic E-state index is 4.69. The van der Waals surface area contributed by atoms with Crippen LogP contribution in [0.2, 0.25) is 0 Å². The Hall–Kier alpha value is -2.09. The quantitative estimate of drug-likeness (QED) is 0.517. The van der Waals surface area contributed by atoms with Gasteiger partial charge in [-0.15, -0.1) is 0 Å². The molecule has 0 aliphatic heterocycles. The first-order valence-corrected chi connectivity index (χ1v) is 11.5. The van der Waals surface area contributed by atoms with Crippen LogP contribution in [0.3, 0.4) is 0 Å². The van der Waals surface area contributed by atoms with E-state index in [4.69, 9.17) is 4.98 Å². The highest BCUT2D eigenvalue weighted by Crippen LogP contribution is 2.66. The predicted molar refractivity (Wildman–Crippen MR) is 120 cm³/mol. The Bertz CT molecular complexity index is 1070. The van der Waals surface area contributed by atoms with Gasteiger partial charge in [0, 0.05) is 11.1 Å². The van der Waals surface area contributed by atoms with E-state index in [2.05, 4.69) is 67.7 Å². The normalized spacial score (nSPS) is 38.8. The van der Waals surface area contributed by atoms with E-state index in [1.807, 2.05) is 0 Å². The molecule has 0 radical (unpaired) electrons. The van der Waals surface area contributed by atoms with Crippen LogP contribution in [0.5, 0.6) is 0 Å². The lowest BCUT2D eigenvalue weighted by molar-refractivity contribution is -0.0215. The molecule has 29 heavy (non-hydrogen) atoms. The number of hydrogen-bond donors (Lipinski definition) is 0. The monoisotopic (exact) mass is 384 g/mol. The van der Waals surface area contributed by atoms with Gasteiger partial charge in [0.1, 0.15) is 6.33 Å². The highest BCUT2D eigenvalue weighted by molar-refractivity contribution is 5.80. The third-order valence-electron chi connectivity index (χ3n) is 9.33. The summed E-state index contributed by atoms with van der Waals surface area (Å²) in [5, 5.41) is 0. The molecule has 0 amide bonds. The maximum atomic E-state index is 4.69. The van der Waals surface area contributed by atoms with Crippen LogP contribution in [0.4, 0.5) is 0 Å². The van der Waals surface area contributed by atoms with Crippen LogP contribution in [0.25, 0.3) is 16.7 Å². The standard InChI is InChI=1S/C27H32N2/c1-18-12-14-26(2)19(16-18)8-9-20-21-10-11-25(27(21,3)15-13-22(20)26)29-17-28-23-6-4-5-7-24(23)29/h4-7,11,16-17,20-22H,1,8-10,12-15H2,2-3H3/t20?,21?,22?,26-,27-/m0/s1. The zero-order chi connectivity index (χ0) is 19.8. The minimum atomic E-state index is 0.278. The van der Waals surface area contributed by atoms with Crippen molar-refractivity contribution >= 4 is 16.7 Å². The van der Waals surface area contributed by atoms with Gasteiger partial charge in [0.15, 0.2) is 0 Å². The van der Waals surface area contributed by atoms with Gasteiger partial charge < -0.3 is 4.57 Å². The van der Waals surface area contributed by atoms with Crippen molar-refractivity contribution in [1.82, 2.24) is 9.55 Å². The van der Waals surface area contributed by atoms with E-state index in [0.29, 0.717) is 5.41 Å². The van der Waals surface area contributed by atoms with Crippen molar-refractivity contribution in [2.24, 2.45) is 28.6 Å². The van der Waals surface area contributed by atoms with Crippen molar-refractivity contribution in [1.29, 1.82) is 0 Å². The molecule has 2 heteroatoms. The van der Waals surface area contributed by atoms with Gasteiger partial charge in [-0.05, 0) is 80.2 Å². The first-order valence-electron chi connectivity index (χ1n) is 11.5. The molecule has 2 fully saturated rings. The minimum absolute atomic E-state index is 0.278. The lowest BCUT2D eigenvalue weighted by atomic mass is 9.47. The predicted octanol–water partition coefficient (Wildman–Crippen LogP) is 7.01. The van der Waals surface area contributed by atoms with Gasteiger partial charge in [-0.3, -0.25) is 0 Å². The molecular formula is C27H32N2. The second kappa shape index (κ2) is 5.97. The Labute approximate surface area is 174 Å².